The molecule has 2 aromatic heterocycles. The summed E-state index contributed by atoms with van der Waals surface area (Å²) >= 11 is 1.31. The van der Waals surface area contributed by atoms with Crippen LogP contribution in [0.4, 0.5) is 5.69 Å². The minimum atomic E-state index is -0.0744. The molecule has 1 N–H and O–H groups in total. The minimum absolute atomic E-state index is 0.0744. The number of aromatic nitrogens is 4. The predicted octanol–water partition coefficient (Wildman–Crippen LogP) is 3.40. The number of hydrogen-bond acceptors (Lipinski definition) is 5. The Balaban J connectivity index is 1.71. The standard InChI is InChI=1S/C18H21N5OS/c1-10-6-7-11(2)15(8-10)20-16(24)9-25-18-21-17-19-13(4)12(3)14(5)23(17)22-18/h6-8H,9H2,1-5H3,(H,20,24). The molecule has 0 atom stereocenters. The van der Waals surface area contributed by atoms with Crippen LogP contribution in [-0.2, 0) is 4.79 Å². The van der Waals surface area contributed by atoms with Crippen LogP contribution >= 0.6 is 11.8 Å². The molecule has 130 valence electrons. The summed E-state index contributed by atoms with van der Waals surface area (Å²) in [7, 11) is 0. The van der Waals surface area contributed by atoms with Crippen molar-refractivity contribution in [2.45, 2.75) is 39.8 Å². The second-order valence-electron chi connectivity index (χ2n) is 6.17. The number of benzene rings is 1. The van der Waals surface area contributed by atoms with E-state index >= 15 is 0 Å². The van der Waals surface area contributed by atoms with Crippen LogP contribution in [0.5, 0.6) is 0 Å². The molecule has 0 radical (unpaired) electrons. The van der Waals surface area contributed by atoms with E-state index in [1.807, 2.05) is 52.8 Å². The van der Waals surface area contributed by atoms with Crippen LogP contribution < -0.4 is 5.32 Å². The molecule has 25 heavy (non-hydrogen) atoms. The molecule has 0 saturated heterocycles. The van der Waals surface area contributed by atoms with Gasteiger partial charge in [-0.2, -0.15) is 4.98 Å². The molecule has 0 saturated carbocycles. The molecular formula is C18H21N5OS. The zero-order valence-corrected chi connectivity index (χ0v) is 15.9. The van der Waals surface area contributed by atoms with Gasteiger partial charge in [0, 0.05) is 17.1 Å². The van der Waals surface area contributed by atoms with Gasteiger partial charge in [-0.05, 0) is 57.4 Å². The van der Waals surface area contributed by atoms with Crippen molar-refractivity contribution < 1.29 is 4.79 Å². The van der Waals surface area contributed by atoms with Gasteiger partial charge in [0.2, 0.25) is 11.1 Å². The van der Waals surface area contributed by atoms with Crippen LogP contribution in [0.2, 0.25) is 0 Å². The Kier molecular flexibility index (Phi) is 4.76. The number of amides is 1. The maximum Gasteiger partial charge on any atom is 0.253 e. The highest BCUT2D eigenvalue weighted by Gasteiger charge is 2.13. The van der Waals surface area contributed by atoms with Crippen LogP contribution in [0.3, 0.4) is 0 Å². The average molecular weight is 355 g/mol. The summed E-state index contributed by atoms with van der Waals surface area (Å²) in [6.45, 7) is 9.95. The first kappa shape index (κ1) is 17.4. The van der Waals surface area contributed by atoms with Crippen molar-refractivity contribution in [2.24, 2.45) is 0 Å². The first-order valence-corrected chi connectivity index (χ1v) is 9.04. The van der Waals surface area contributed by atoms with E-state index in [0.29, 0.717) is 10.9 Å². The number of carbonyl (C=O) groups excluding carboxylic acids is 1. The highest BCUT2D eigenvalue weighted by molar-refractivity contribution is 7.99. The number of rotatable bonds is 4. The van der Waals surface area contributed by atoms with Crippen molar-refractivity contribution >= 4 is 29.1 Å². The van der Waals surface area contributed by atoms with Gasteiger partial charge in [0.05, 0.1) is 5.75 Å². The number of anilines is 1. The summed E-state index contributed by atoms with van der Waals surface area (Å²) in [5.41, 5.74) is 6.06. The Morgan fingerprint density at radius 2 is 1.92 bits per heavy atom. The van der Waals surface area contributed by atoms with Crippen molar-refractivity contribution in [3.63, 3.8) is 0 Å². The van der Waals surface area contributed by atoms with E-state index < -0.39 is 0 Å². The summed E-state index contributed by atoms with van der Waals surface area (Å²) in [5.74, 6) is 0.744. The third-order valence-electron chi connectivity index (χ3n) is 4.24. The third kappa shape index (κ3) is 3.66. The molecule has 0 unspecified atom stereocenters. The van der Waals surface area contributed by atoms with Gasteiger partial charge in [-0.3, -0.25) is 4.79 Å². The van der Waals surface area contributed by atoms with E-state index in [0.717, 1.165) is 33.8 Å². The smallest absolute Gasteiger partial charge is 0.253 e. The van der Waals surface area contributed by atoms with Gasteiger partial charge in [-0.1, -0.05) is 23.9 Å². The molecule has 0 aliphatic rings. The maximum atomic E-state index is 12.2. The van der Waals surface area contributed by atoms with Crippen LogP contribution in [0.1, 0.15) is 28.1 Å². The molecule has 3 rings (SSSR count). The summed E-state index contributed by atoms with van der Waals surface area (Å²) in [5, 5.41) is 7.95. The third-order valence-corrected chi connectivity index (χ3v) is 5.08. The lowest BCUT2D eigenvalue weighted by molar-refractivity contribution is -0.113. The summed E-state index contributed by atoms with van der Waals surface area (Å²) < 4.78 is 1.73. The number of carbonyl (C=O) groups is 1. The Hall–Kier alpha value is -2.41. The summed E-state index contributed by atoms with van der Waals surface area (Å²) in [4.78, 5) is 21.1. The molecule has 0 aliphatic heterocycles. The van der Waals surface area contributed by atoms with E-state index in [1.165, 1.54) is 11.8 Å². The average Bonchev–Trinajstić information content (AvgIpc) is 2.97. The van der Waals surface area contributed by atoms with Gasteiger partial charge >= 0.3 is 0 Å². The van der Waals surface area contributed by atoms with Crippen LogP contribution in [0.25, 0.3) is 5.78 Å². The van der Waals surface area contributed by atoms with Gasteiger partial charge in [-0.15, -0.1) is 5.10 Å². The first-order chi connectivity index (χ1) is 11.8. The maximum absolute atomic E-state index is 12.2. The van der Waals surface area contributed by atoms with Crippen LogP contribution in [-0.4, -0.2) is 31.2 Å². The Morgan fingerprint density at radius 1 is 1.16 bits per heavy atom. The molecule has 3 aromatic rings. The predicted molar refractivity (Wildman–Crippen MR) is 100 cm³/mol. The fourth-order valence-electron chi connectivity index (χ4n) is 2.49. The van der Waals surface area contributed by atoms with E-state index in [9.17, 15) is 4.79 Å². The lowest BCUT2D eigenvalue weighted by Gasteiger charge is -2.08. The highest BCUT2D eigenvalue weighted by Crippen LogP contribution is 2.20. The van der Waals surface area contributed by atoms with E-state index in [2.05, 4.69) is 20.4 Å². The molecule has 1 aromatic carbocycles. The van der Waals surface area contributed by atoms with Gasteiger partial charge in [0.25, 0.3) is 5.78 Å². The van der Waals surface area contributed by atoms with Gasteiger partial charge in [0.1, 0.15) is 0 Å². The minimum Gasteiger partial charge on any atom is -0.325 e. The molecule has 0 bridgehead atoms. The molecule has 2 heterocycles. The first-order valence-electron chi connectivity index (χ1n) is 8.05. The summed E-state index contributed by atoms with van der Waals surface area (Å²) in [6, 6.07) is 6.00. The largest absolute Gasteiger partial charge is 0.325 e. The number of nitrogens with one attached hydrogen (secondary N) is 1. The van der Waals surface area contributed by atoms with E-state index in [1.54, 1.807) is 4.52 Å². The van der Waals surface area contributed by atoms with Gasteiger partial charge < -0.3 is 5.32 Å². The van der Waals surface area contributed by atoms with Gasteiger partial charge in [-0.25, -0.2) is 9.50 Å². The second kappa shape index (κ2) is 6.84. The molecular weight excluding hydrogens is 334 g/mol. The number of thioether (sulfide) groups is 1. The Bertz CT molecular complexity index is 964. The normalized spacial score (nSPS) is 11.1. The van der Waals surface area contributed by atoms with Crippen molar-refractivity contribution in [1.29, 1.82) is 0 Å². The van der Waals surface area contributed by atoms with Crippen molar-refractivity contribution in [2.75, 3.05) is 11.1 Å². The Labute approximate surface area is 151 Å². The number of nitrogens with zero attached hydrogens (tertiary/aromatic N) is 4. The van der Waals surface area contributed by atoms with Crippen LogP contribution in [0.15, 0.2) is 23.4 Å². The van der Waals surface area contributed by atoms with E-state index in [4.69, 9.17) is 0 Å². The number of fused-ring (bicyclic) bond motifs is 1. The van der Waals surface area contributed by atoms with Crippen molar-refractivity contribution in [3.8, 4) is 0 Å². The number of aryl methyl sites for hydroxylation is 4. The summed E-state index contributed by atoms with van der Waals surface area (Å²) in [6.07, 6.45) is 0. The molecule has 0 aliphatic carbocycles. The highest BCUT2D eigenvalue weighted by atomic mass is 32.2. The molecule has 7 heteroatoms. The molecule has 6 nitrogen and oxygen atoms in total. The van der Waals surface area contributed by atoms with E-state index in [-0.39, 0.29) is 11.7 Å². The van der Waals surface area contributed by atoms with Gasteiger partial charge in [0.15, 0.2) is 0 Å². The van der Waals surface area contributed by atoms with Crippen molar-refractivity contribution in [1.82, 2.24) is 19.6 Å². The lowest BCUT2D eigenvalue weighted by Crippen LogP contribution is -2.15. The molecule has 1 amide bonds. The lowest BCUT2D eigenvalue weighted by atomic mass is 10.1. The monoisotopic (exact) mass is 355 g/mol. The topological polar surface area (TPSA) is 72.2 Å². The Morgan fingerprint density at radius 3 is 2.68 bits per heavy atom. The van der Waals surface area contributed by atoms with Crippen molar-refractivity contribution in [3.05, 3.63) is 46.3 Å². The molecule has 0 spiro atoms. The quantitative estimate of drug-likeness (QED) is 0.726. The molecule has 0 fully saturated rings. The SMILES string of the molecule is Cc1ccc(C)c(NC(=O)CSc2nc3nc(C)c(C)c(C)n3n2)c1. The zero-order chi connectivity index (χ0) is 18.1. The zero-order valence-electron chi connectivity index (χ0n) is 15.0. The second-order valence-corrected chi connectivity index (χ2v) is 7.11. The number of hydrogen-bond donors (Lipinski definition) is 1. The fraction of sp³-hybridized carbons (Fsp3) is 0.333. The van der Waals surface area contributed by atoms with Crippen LogP contribution in [0, 0.1) is 34.6 Å². The fourth-order valence-corrected chi connectivity index (χ4v) is 3.10.